The van der Waals surface area contributed by atoms with Crippen molar-refractivity contribution in [2.75, 3.05) is 5.73 Å². The number of nitrogen functional groups attached to an aromatic ring is 1. The Morgan fingerprint density at radius 3 is 2.11 bits per heavy atom. The van der Waals surface area contributed by atoms with Gasteiger partial charge in [0.1, 0.15) is 0 Å². The van der Waals surface area contributed by atoms with E-state index in [0.29, 0.717) is 0 Å². The summed E-state index contributed by atoms with van der Waals surface area (Å²) in [5.41, 5.74) is 16.6. The SMILES string of the molecule is C=C/C=C1\C(=C/c2ccc3c4ccccc4n(-c4ccccc4)c3c2)C(C)(C)c2ccccc21.Nc1cccc2ccccc12. The predicted molar refractivity (Wildman–Crippen MR) is 195 cm³/mol. The molecule has 0 fully saturated rings. The Morgan fingerprint density at radius 1 is 0.644 bits per heavy atom. The maximum Gasteiger partial charge on any atom is 0.0547 e. The zero-order chi connectivity index (χ0) is 31.0. The second-order valence-corrected chi connectivity index (χ2v) is 12.1. The number of nitrogens with zero attached hydrogens (tertiary/aromatic N) is 1. The monoisotopic (exact) mass is 580 g/mol. The number of allylic oxidation sites excluding steroid dienone is 4. The zero-order valence-electron chi connectivity index (χ0n) is 25.7. The number of nitrogens with two attached hydrogens (primary N) is 1. The van der Waals surface area contributed by atoms with Crippen LogP contribution in [0.2, 0.25) is 0 Å². The third-order valence-corrected chi connectivity index (χ3v) is 8.99. The van der Waals surface area contributed by atoms with Crippen molar-refractivity contribution in [3.8, 4) is 5.69 Å². The summed E-state index contributed by atoms with van der Waals surface area (Å²) in [7, 11) is 0. The topological polar surface area (TPSA) is 30.9 Å². The van der Waals surface area contributed by atoms with Gasteiger partial charge in [0.05, 0.1) is 11.0 Å². The fourth-order valence-electron chi connectivity index (χ4n) is 6.80. The standard InChI is InChI=1S/C33H27N.C10H9N/c1-4-12-25-26-15-8-10-17-29(26)33(2,3)30(25)21-23-19-20-28-27-16-9-11-18-31(27)34(32(28)22-23)24-13-6-5-7-14-24;11-10-7-3-5-8-4-1-2-6-9(8)10/h4-22H,1H2,2-3H3;1-7H,11H2/b25-12-,30-21+;. The van der Waals surface area contributed by atoms with Gasteiger partial charge in [-0.15, -0.1) is 0 Å². The third-order valence-electron chi connectivity index (χ3n) is 8.99. The van der Waals surface area contributed by atoms with E-state index in [-0.39, 0.29) is 5.41 Å². The molecule has 1 aromatic heterocycles. The van der Waals surface area contributed by atoms with E-state index in [4.69, 9.17) is 5.73 Å². The first-order valence-electron chi connectivity index (χ1n) is 15.4. The number of rotatable bonds is 3. The van der Waals surface area contributed by atoms with E-state index >= 15 is 0 Å². The van der Waals surface area contributed by atoms with Crippen molar-refractivity contribution in [2.45, 2.75) is 19.3 Å². The van der Waals surface area contributed by atoms with E-state index in [9.17, 15) is 0 Å². The number of anilines is 1. The van der Waals surface area contributed by atoms with Crippen molar-refractivity contribution in [1.29, 1.82) is 0 Å². The first-order valence-corrected chi connectivity index (χ1v) is 15.4. The van der Waals surface area contributed by atoms with Crippen molar-refractivity contribution < 1.29 is 0 Å². The Balaban J connectivity index is 0.000000249. The Kier molecular flexibility index (Phi) is 7.19. The molecule has 0 spiro atoms. The number of hydrogen-bond acceptors (Lipinski definition) is 1. The van der Waals surface area contributed by atoms with Crippen LogP contribution in [0.25, 0.3) is 49.9 Å². The molecule has 45 heavy (non-hydrogen) atoms. The Hall–Kier alpha value is -5.60. The lowest BCUT2D eigenvalue weighted by atomic mass is 9.81. The van der Waals surface area contributed by atoms with Gasteiger partial charge in [-0.25, -0.2) is 0 Å². The molecule has 1 aliphatic rings. The lowest BCUT2D eigenvalue weighted by Gasteiger charge is -2.22. The molecule has 6 aromatic carbocycles. The molecule has 7 aromatic rings. The van der Waals surface area contributed by atoms with Crippen molar-refractivity contribution in [2.24, 2.45) is 0 Å². The van der Waals surface area contributed by atoms with Crippen LogP contribution in [0.5, 0.6) is 0 Å². The highest BCUT2D eigenvalue weighted by Gasteiger charge is 2.37. The molecule has 0 saturated carbocycles. The average molecular weight is 581 g/mol. The molecule has 2 heteroatoms. The van der Waals surface area contributed by atoms with Gasteiger partial charge in [0, 0.05) is 32.9 Å². The third kappa shape index (κ3) is 4.95. The molecule has 1 heterocycles. The van der Waals surface area contributed by atoms with Crippen molar-refractivity contribution in [3.05, 3.63) is 181 Å². The Labute approximate surface area is 265 Å². The number of fused-ring (bicyclic) bond motifs is 5. The molecule has 0 atom stereocenters. The number of aromatic nitrogens is 1. The maximum atomic E-state index is 5.76. The van der Waals surface area contributed by atoms with E-state index in [2.05, 4.69) is 146 Å². The first kappa shape index (κ1) is 28.2. The molecule has 2 nitrogen and oxygen atoms in total. The van der Waals surface area contributed by atoms with Crippen LogP contribution < -0.4 is 5.73 Å². The molecule has 218 valence electrons. The summed E-state index contributed by atoms with van der Waals surface area (Å²) in [5, 5.41) is 4.89. The summed E-state index contributed by atoms with van der Waals surface area (Å²) in [4.78, 5) is 0. The van der Waals surface area contributed by atoms with Crippen LogP contribution in [-0.4, -0.2) is 4.57 Å². The van der Waals surface area contributed by atoms with Gasteiger partial charge in [-0.1, -0.05) is 148 Å². The summed E-state index contributed by atoms with van der Waals surface area (Å²) in [6, 6.07) is 49.0. The highest BCUT2D eigenvalue weighted by Crippen LogP contribution is 2.50. The smallest absolute Gasteiger partial charge is 0.0547 e. The van der Waals surface area contributed by atoms with Crippen LogP contribution in [0.4, 0.5) is 5.69 Å². The summed E-state index contributed by atoms with van der Waals surface area (Å²) < 4.78 is 2.38. The van der Waals surface area contributed by atoms with E-state index in [1.807, 2.05) is 36.4 Å². The lowest BCUT2D eigenvalue weighted by Crippen LogP contribution is -2.15. The molecule has 0 radical (unpaired) electrons. The zero-order valence-corrected chi connectivity index (χ0v) is 25.7. The minimum atomic E-state index is -0.0769. The van der Waals surface area contributed by atoms with Crippen LogP contribution in [0, 0.1) is 0 Å². The normalized spacial score (nSPS) is 15.3. The summed E-state index contributed by atoms with van der Waals surface area (Å²) in [5.74, 6) is 0. The van der Waals surface area contributed by atoms with E-state index < -0.39 is 0 Å². The highest BCUT2D eigenvalue weighted by molar-refractivity contribution is 6.10. The number of para-hydroxylation sites is 2. The van der Waals surface area contributed by atoms with E-state index in [1.54, 1.807) is 0 Å². The van der Waals surface area contributed by atoms with Crippen molar-refractivity contribution in [1.82, 2.24) is 4.57 Å². The molecule has 1 aliphatic carbocycles. The molecule has 2 N–H and O–H groups in total. The van der Waals surface area contributed by atoms with Crippen molar-refractivity contribution in [3.63, 3.8) is 0 Å². The molecule has 0 amide bonds. The second-order valence-electron chi connectivity index (χ2n) is 12.1. The maximum absolute atomic E-state index is 5.76. The number of benzene rings is 6. The van der Waals surface area contributed by atoms with Crippen LogP contribution in [0.15, 0.2) is 164 Å². The van der Waals surface area contributed by atoms with Gasteiger partial charge in [-0.3, -0.25) is 0 Å². The lowest BCUT2D eigenvalue weighted by molar-refractivity contribution is 0.665. The summed E-state index contributed by atoms with van der Waals surface area (Å²) in [6.45, 7) is 8.63. The minimum absolute atomic E-state index is 0.0769. The molecule has 0 bridgehead atoms. The Bertz CT molecular complexity index is 2260. The fourth-order valence-corrected chi connectivity index (χ4v) is 6.80. The fraction of sp³-hybridized carbons (Fsp3) is 0.0698. The van der Waals surface area contributed by atoms with Gasteiger partial charge in [0.2, 0.25) is 0 Å². The largest absolute Gasteiger partial charge is 0.398 e. The van der Waals surface area contributed by atoms with Crippen LogP contribution >= 0.6 is 0 Å². The predicted octanol–water partition coefficient (Wildman–Crippen LogP) is 11.1. The van der Waals surface area contributed by atoms with Crippen LogP contribution in [-0.2, 0) is 5.41 Å². The summed E-state index contributed by atoms with van der Waals surface area (Å²) >= 11 is 0. The van der Waals surface area contributed by atoms with Crippen LogP contribution in [0.3, 0.4) is 0 Å². The van der Waals surface area contributed by atoms with Crippen molar-refractivity contribution >= 4 is 49.9 Å². The number of hydrogen-bond donors (Lipinski definition) is 1. The minimum Gasteiger partial charge on any atom is -0.398 e. The van der Waals surface area contributed by atoms with Gasteiger partial charge < -0.3 is 10.3 Å². The van der Waals surface area contributed by atoms with Gasteiger partial charge in [-0.05, 0) is 63.6 Å². The molecule has 8 rings (SSSR count). The van der Waals surface area contributed by atoms with Gasteiger partial charge in [0.15, 0.2) is 0 Å². The second kappa shape index (κ2) is 11.5. The molecular weight excluding hydrogens is 544 g/mol. The molecule has 0 aliphatic heterocycles. The quantitative estimate of drug-likeness (QED) is 0.207. The average Bonchev–Trinajstić information content (AvgIpc) is 3.51. The molecule has 0 unspecified atom stereocenters. The van der Waals surface area contributed by atoms with Gasteiger partial charge >= 0.3 is 0 Å². The van der Waals surface area contributed by atoms with E-state index in [1.165, 1.54) is 60.7 Å². The molecule has 0 saturated heterocycles. The van der Waals surface area contributed by atoms with Gasteiger partial charge in [0.25, 0.3) is 0 Å². The van der Waals surface area contributed by atoms with E-state index in [0.717, 1.165) is 11.1 Å². The Morgan fingerprint density at radius 2 is 1.31 bits per heavy atom. The van der Waals surface area contributed by atoms with Crippen LogP contribution in [0.1, 0.15) is 30.5 Å². The molecular formula is C43H36N2. The summed E-state index contributed by atoms with van der Waals surface area (Å²) in [6.07, 6.45) is 6.42. The first-order chi connectivity index (χ1) is 22.0. The van der Waals surface area contributed by atoms with Gasteiger partial charge in [-0.2, -0.15) is 0 Å². The highest BCUT2D eigenvalue weighted by atomic mass is 15.0.